The minimum Gasteiger partial charge on any atom is -0.356 e. The molecule has 0 unspecified atom stereocenters. The number of anilines is 4. The van der Waals surface area contributed by atoms with Crippen molar-refractivity contribution in [2.45, 2.75) is 30.6 Å². The molecule has 1 amide bonds. The Kier molecular flexibility index (Phi) is 6.92. The molecule has 0 radical (unpaired) electrons. The molecule has 0 spiro atoms. The van der Waals surface area contributed by atoms with E-state index in [-0.39, 0.29) is 10.8 Å². The average molecular weight is 549 g/mol. The van der Waals surface area contributed by atoms with Crippen LogP contribution in [-0.2, 0) is 22.9 Å². The van der Waals surface area contributed by atoms with Gasteiger partial charge in [-0.15, -0.1) is 0 Å². The zero-order valence-electron chi connectivity index (χ0n) is 21.7. The third-order valence-corrected chi connectivity index (χ3v) is 8.42. The molecule has 8 heteroatoms. The third kappa shape index (κ3) is 5.39. The number of fused-ring (bicyclic) bond motifs is 2. The Balaban J connectivity index is 1.14. The molecule has 7 nitrogen and oxygen atoms in total. The van der Waals surface area contributed by atoms with E-state index in [2.05, 4.69) is 15.4 Å². The molecular weight excluding hydrogens is 520 g/mol. The van der Waals surface area contributed by atoms with Crippen LogP contribution in [0.1, 0.15) is 34.5 Å². The number of aryl methyl sites for hydroxylation is 1. The van der Waals surface area contributed by atoms with Gasteiger partial charge in [0.15, 0.2) is 0 Å². The van der Waals surface area contributed by atoms with Gasteiger partial charge in [0, 0.05) is 33.8 Å². The standard InChI is InChI=1S/C32H28N4O3S/c37-32(31-27-10-4-6-12-29(27)35-30-13-7-5-11-28(30)31)34-24-16-14-22(15-17-24)33-23-18-20-25(21-19-23)36-40(38,39)26-8-2-1-3-9-26/h1-4,6,8-10,12,14-21,33,36H,5,7,11,13H2,(H,34,37). The molecule has 0 bridgehead atoms. The number of benzene rings is 4. The fourth-order valence-corrected chi connectivity index (χ4v) is 6.14. The van der Waals surface area contributed by atoms with Crippen molar-refractivity contribution in [3.8, 4) is 0 Å². The van der Waals surface area contributed by atoms with E-state index < -0.39 is 10.0 Å². The maximum Gasteiger partial charge on any atom is 0.261 e. The third-order valence-electron chi connectivity index (χ3n) is 7.02. The number of hydrogen-bond donors (Lipinski definition) is 3. The number of carbonyl (C=O) groups excluding carboxylic acids is 1. The first-order chi connectivity index (χ1) is 19.5. The molecular formula is C32H28N4O3S. The van der Waals surface area contributed by atoms with Crippen molar-refractivity contribution in [1.82, 2.24) is 4.98 Å². The normalized spacial score (nSPS) is 12.9. The smallest absolute Gasteiger partial charge is 0.261 e. The molecule has 3 N–H and O–H groups in total. The number of hydrogen-bond acceptors (Lipinski definition) is 5. The number of rotatable bonds is 7. The molecule has 5 aromatic rings. The van der Waals surface area contributed by atoms with Crippen molar-refractivity contribution in [1.29, 1.82) is 0 Å². The van der Waals surface area contributed by atoms with Crippen LogP contribution in [-0.4, -0.2) is 19.3 Å². The summed E-state index contributed by atoms with van der Waals surface area (Å²) in [7, 11) is -3.65. The van der Waals surface area contributed by atoms with Gasteiger partial charge in [-0.1, -0.05) is 36.4 Å². The molecule has 6 rings (SSSR count). The molecule has 0 atom stereocenters. The van der Waals surface area contributed by atoms with Crippen LogP contribution >= 0.6 is 0 Å². The fourth-order valence-electron chi connectivity index (χ4n) is 5.06. The van der Waals surface area contributed by atoms with Crippen molar-refractivity contribution in [2.75, 3.05) is 15.4 Å². The van der Waals surface area contributed by atoms with Crippen LogP contribution in [0.4, 0.5) is 22.7 Å². The van der Waals surface area contributed by atoms with Crippen molar-refractivity contribution < 1.29 is 13.2 Å². The number of para-hydroxylation sites is 1. The summed E-state index contributed by atoms with van der Waals surface area (Å²) in [5, 5.41) is 7.26. The highest BCUT2D eigenvalue weighted by atomic mass is 32.2. The van der Waals surface area contributed by atoms with Gasteiger partial charge in [0.25, 0.3) is 15.9 Å². The van der Waals surface area contributed by atoms with E-state index >= 15 is 0 Å². The monoisotopic (exact) mass is 548 g/mol. The highest BCUT2D eigenvalue weighted by molar-refractivity contribution is 7.92. The van der Waals surface area contributed by atoms with E-state index in [0.29, 0.717) is 11.4 Å². The lowest BCUT2D eigenvalue weighted by atomic mass is 9.89. The average Bonchev–Trinajstić information content (AvgIpc) is 2.98. The van der Waals surface area contributed by atoms with Crippen molar-refractivity contribution in [2.24, 2.45) is 0 Å². The number of pyridine rings is 1. The number of nitrogens with zero attached hydrogens (tertiary/aromatic N) is 1. The Bertz CT molecular complexity index is 1790. The quantitative estimate of drug-likeness (QED) is 0.205. The minimum atomic E-state index is -3.65. The SMILES string of the molecule is O=C(Nc1ccc(Nc2ccc(NS(=O)(=O)c3ccccc3)cc2)cc1)c1c2c(nc3ccccc13)CCCC2. The summed E-state index contributed by atoms with van der Waals surface area (Å²) < 4.78 is 27.7. The molecule has 1 aliphatic rings. The molecule has 0 aliphatic heterocycles. The van der Waals surface area contributed by atoms with Gasteiger partial charge in [-0.05, 0) is 98.0 Å². The molecule has 1 aliphatic carbocycles. The lowest BCUT2D eigenvalue weighted by Crippen LogP contribution is -2.19. The summed E-state index contributed by atoms with van der Waals surface area (Å²) in [5.74, 6) is -0.119. The zero-order valence-corrected chi connectivity index (χ0v) is 22.5. The molecule has 40 heavy (non-hydrogen) atoms. The molecule has 1 aromatic heterocycles. The maximum absolute atomic E-state index is 13.5. The Morgan fingerprint density at radius 1 is 0.675 bits per heavy atom. The minimum absolute atomic E-state index is 0.119. The van der Waals surface area contributed by atoms with E-state index in [1.807, 2.05) is 48.5 Å². The first-order valence-corrected chi connectivity index (χ1v) is 14.7. The predicted molar refractivity (Wildman–Crippen MR) is 160 cm³/mol. The number of carbonyl (C=O) groups is 1. The second-order valence-electron chi connectivity index (χ2n) is 9.79. The van der Waals surface area contributed by atoms with Crippen LogP contribution in [0.15, 0.2) is 108 Å². The molecule has 1 heterocycles. The summed E-state index contributed by atoms with van der Waals surface area (Å²) in [6.45, 7) is 0. The maximum atomic E-state index is 13.5. The van der Waals surface area contributed by atoms with E-state index in [9.17, 15) is 13.2 Å². The Hall–Kier alpha value is -4.69. The number of nitrogens with one attached hydrogen (secondary N) is 3. The highest BCUT2D eigenvalue weighted by Crippen LogP contribution is 2.30. The van der Waals surface area contributed by atoms with Crippen LogP contribution in [0, 0.1) is 0 Å². The molecule has 0 saturated carbocycles. The Labute approximate surface area is 233 Å². The van der Waals surface area contributed by atoms with E-state index in [1.165, 1.54) is 0 Å². The molecule has 200 valence electrons. The van der Waals surface area contributed by atoms with Gasteiger partial charge < -0.3 is 10.6 Å². The van der Waals surface area contributed by atoms with Crippen LogP contribution in [0.2, 0.25) is 0 Å². The van der Waals surface area contributed by atoms with Crippen LogP contribution in [0.5, 0.6) is 0 Å². The summed E-state index contributed by atoms with van der Waals surface area (Å²) in [5.41, 5.74) is 6.49. The second kappa shape index (κ2) is 10.8. The summed E-state index contributed by atoms with van der Waals surface area (Å²) in [4.78, 5) is 18.5. The van der Waals surface area contributed by atoms with Crippen molar-refractivity contribution in [3.05, 3.63) is 120 Å². The summed E-state index contributed by atoms with van der Waals surface area (Å²) in [6.07, 6.45) is 3.93. The van der Waals surface area contributed by atoms with Crippen LogP contribution in [0.25, 0.3) is 10.9 Å². The van der Waals surface area contributed by atoms with E-state index in [4.69, 9.17) is 4.98 Å². The lowest BCUT2D eigenvalue weighted by molar-refractivity contribution is 0.102. The predicted octanol–water partition coefficient (Wildman–Crippen LogP) is 6.91. The van der Waals surface area contributed by atoms with Crippen LogP contribution < -0.4 is 15.4 Å². The lowest BCUT2D eigenvalue weighted by Gasteiger charge is -2.20. The van der Waals surface area contributed by atoms with E-state index in [1.54, 1.807) is 54.6 Å². The van der Waals surface area contributed by atoms with Crippen molar-refractivity contribution >= 4 is 49.6 Å². The molecule has 4 aromatic carbocycles. The van der Waals surface area contributed by atoms with Gasteiger partial charge in [0.1, 0.15) is 0 Å². The van der Waals surface area contributed by atoms with Gasteiger partial charge in [-0.3, -0.25) is 14.5 Å². The highest BCUT2D eigenvalue weighted by Gasteiger charge is 2.22. The molecule has 0 saturated heterocycles. The van der Waals surface area contributed by atoms with Gasteiger partial charge in [-0.25, -0.2) is 8.42 Å². The van der Waals surface area contributed by atoms with E-state index in [0.717, 1.165) is 64.8 Å². The molecule has 0 fully saturated rings. The zero-order chi connectivity index (χ0) is 27.5. The first kappa shape index (κ1) is 25.6. The van der Waals surface area contributed by atoms with Gasteiger partial charge in [0.05, 0.1) is 16.0 Å². The number of aromatic nitrogens is 1. The van der Waals surface area contributed by atoms with Gasteiger partial charge in [0.2, 0.25) is 0 Å². The number of sulfonamides is 1. The first-order valence-electron chi connectivity index (χ1n) is 13.2. The second-order valence-corrected chi connectivity index (χ2v) is 11.5. The van der Waals surface area contributed by atoms with Gasteiger partial charge >= 0.3 is 0 Å². The fraction of sp³-hybridized carbons (Fsp3) is 0.125. The Morgan fingerprint density at radius 3 is 2.00 bits per heavy atom. The van der Waals surface area contributed by atoms with Crippen molar-refractivity contribution in [3.63, 3.8) is 0 Å². The van der Waals surface area contributed by atoms with Crippen LogP contribution in [0.3, 0.4) is 0 Å². The largest absolute Gasteiger partial charge is 0.356 e. The topological polar surface area (TPSA) is 100 Å². The summed E-state index contributed by atoms with van der Waals surface area (Å²) >= 11 is 0. The van der Waals surface area contributed by atoms with Gasteiger partial charge in [-0.2, -0.15) is 0 Å². The Morgan fingerprint density at radius 2 is 1.27 bits per heavy atom. The summed E-state index contributed by atoms with van der Waals surface area (Å²) in [6, 6.07) is 30.6. The number of amides is 1.